The quantitative estimate of drug-likeness (QED) is 0.583. The number of benzene rings is 2. The minimum atomic E-state index is 0.536. The summed E-state index contributed by atoms with van der Waals surface area (Å²) >= 11 is 0. The molecule has 7 heteroatoms. The van der Waals surface area contributed by atoms with Gasteiger partial charge in [0.2, 0.25) is 5.95 Å². The number of anilines is 3. The van der Waals surface area contributed by atoms with Crippen LogP contribution >= 0.6 is 0 Å². The minimum absolute atomic E-state index is 0.536. The van der Waals surface area contributed by atoms with Crippen molar-refractivity contribution in [2.24, 2.45) is 0 Å². The van der Waals surface area contributed by atoms with Crippen molar-refractivity contribution in [1.82, 2.24) is 9.97 Å². The first-order valence-corrected chi connectivity index (χ1v) is 9.24. The third-order valence-corrected chi connectivity index (χ3v) is 4.37. The Morgan fingerprint density at radius 3 is 2.24 bits per heavy atom. The summed E-state index contributed by atoms with van der Waals surface area (Å²) in [7, 11) is 4.89. The summed E-state index contributed by atoms with van der Waals surface area (Å²) in [5.74, 6) is 3.37. The highest BCUT2D eigenvalue weighted by atomic mass is 16.5. The van der Waals surface area contributed by atoms with E-state index in [9.17, 15) is 0 Å². The van der Waals surface area contributed by atoms with E-state index in [1.807, 2.05) is 56.3 Å². The van der Waals surface area contributed by atoms with Crippen molar-refractivity contribution in [3.05, 3.63) is 59.3 Å². The summed E-state index contributed by atoms with van der Waals surface area (Å²) in [6.07, 6.45) is 0. The van der Waals surface area contributed by atoms with Crippen molar-refractivity contribution in [3.63, 3.8) is 0 Å². The van der Waals surface area contributed by atoms with Crippen LogP contribution in [-0.4, -0.2) is 31.3 Å². The Balaban J connectivity index is 1.77. The number of aromatic nitrogens is 2. The van der Waals surface area contributed by atoms with Gasteiger partial charge < -0.3 is 24.8 Å². The Morgan fingerprint density at radius 1 is 0.793 bits per heavy atom. The van der Waals surface area contributed by atoms with Crippen LogP contribution in [0.1, 0.15) is 16.8 Å². The highest BCUT2D eigenvalue weighted by Crippen LogP contribution is 2.29. The molecule has 0 radical (unpaired) electrons. The van der Waals surface area contributed by atoms with Gasteiger partial charge in [0.25, 0.3) is 0 Å². The Kier molecular flexibility index (Phi) is 6.39. The molecular formula is C22H26N4O3. The molecule has 1 aromatic heterocycles. The van der Waals surface area contributed by atoms with Gasteiger partial charge in [-0.1, -0.05) is 12.1 Å². The molecule has 3 aromatic rings. The zero-order valence-corrected chi connectivity index (χ0v) is 17.4. The Bertz CT molecular complexity index is 992. The van der Waals surface area contributed by atoms with E-state index in [0.717, 1.165) is 28.3 Å². The van der Waals surface area contributed by atoms with Crippen molar-refractivity contribution >= 4 is 17.5 Å². The average Bonchev–Trinajstić information content (AvgIpc) is 2.72. The zero-order chi connectivity index (χ0) is 20.8. The fourth-order valence-corrected chi connectivity index (χ4v) is 2.94. The lowest BCUT2D eigenvalue weighted by molar-refractivity contribution is 0.354. The third-order valence-electron chi connectivity index (χ3n) is 4.37. The summed E-state index contributed by atoms with van der Waals surface area (Å²) in [5, 5.41) is 6.59. The van der Waals surface area contributed by atoms with Crippen molar-refractivity contribution in [2.75, 3.05) is 32.0 Å². The number of methoxy groups -OCH3 is 3. The van der Waals surface area contributed by atoms with E-state index in [4.69, 9.17) is 14.2 Å². The van der Waals surface area contributed by atoms with Crippen molar-refractivity contribution < 1.29 is 14.2 Å². The topological polar surface area (TPSA) is 77.5 Å². The Labute approximate surface area is 171 Å². The molecule has 0 amide bonds. The van der Waals surface area contributed by atoms with E-state index in [0.29, 0.717) is 29.8 Å². The van der Waals surface area contributed by atoms with Crippen LogP contribution < -0.4 is 24.8 Å². The lowest BCUT2D eigenvalue weighted by Crippen LogP contribution is -2.07. The van der Waals surface area contributed by atoms with Crippen molar-refractivity contribution in [2.45, 2.75) is 20.4 Å². The fraction of sp³-hybridized carbons (Fsp3) is 0.273. The third kappa shape index (κ3) is 5.07. The summed E-state index contributed by atoms with van der Waals surface area (Å²) in [4.78, 5) is 9.06. The van der Waals surface area contributed by atoms with E-state index in [-0.39, 0.29) is 0 Å². The van der Waals surface area contributed by atoms with Gasteiger partial charge in [-0.2, -0.15) is 4.98 Å². The van der Waals surface area contributed by atoms with Crippen LogP contribution in [0.15, 0.2) is 42.5 Å². The van der Waals surface area contributed by atoms with Gasteiger partial charge in [0.1, 0.15) is 11.6 Å². The molecule has 0 aliphatic rings. The van der Waals surface area contributed by atoms with Crippen LogP contribution in [-0.2, 0) is 6.54 Å². The van der Waals surface area contributed by atoms with E-state index in [1.54, 1.807) is 21.3 Å². The number of hydrogen-bond acceptors (Lipinski definition) is 7. The summed E-state index contributed by atoms with van der Waals surface area (Å²) < 4.78 is 16.1. The number of rotatable bonds is 8. The number of aryl methyl sites for hydroxylation is 2. The van der Waals surface area contributed by atoms with Crippen LogP contribution in [0, 0.1) is 13.8 Å². The first-order valence-electron chi connectivity index (χ1n) is 9.24. The molecule has 0 saturated heterocycles. The summed E-state index contributed by atoms with van der Waals surface area (Å²) in [6.45, 7) is 4.52. The molecule has 0 atom stereocenters. The second-order valence-electron chi connectivity index (χ2n) is 6.59. The largest absolute Gasteiger partial charge is 0.495 e. The molecule has 0 bridgehead atoms. The summed E-state index contributed by atoms with van der Waals surface area (Å²) in [6, 6.07) is 13.6. The molecule has 0 aliphatic carbocycles. The second-order valence-corrected chi connectivity index (χ2v) is 6.59. The lowest BCUT2D eigenvalue weighted by atomic mass is 10.2. The van der Waals surface area contributed by atoms with E-state index in [2.05, 4.69) is 20.6 Å². The highest BCUT2D eigenvalue weighted by Gasteiger charge is 2.08. The van der Waals surface area contributed by atoms with Gasteiger partial charge in [0.15, 0.2) is 11.5 Å². The molecular weight excluding hydrogens is 368 g/mol. The SMILES string of the molecule is COc1ccc(C)cc1Nc1cc(C)nc(NCc2ccc(OC)c(OC)c2)n1. The van der Waals surface area contributed by atoms with Gasteiger partial charge in [-0.05, 0) is 49.2 Å². The fourth-order valence-electron chi connectivity index (χ4n) is 2.94. The Morgan fingerprint density at radius 2 is 1.52 bits per heavy atom. The molecule has 152 valence electrons. The first-order chi connectivity index (χ1) is 14.0. The number of nitrogens with one attached hydrogen (secondary N) is 2. The summed E-state index contributed by atoms with van der Waals surface area (Å²) in [5.41, 5.74) is 3.87. The molecule has 0 saturated carbocycles. The molecule has 0 unspecified atom stereocenters. The van der Waals surface area contributed by atoms with Crippen LogP contribution in [0.25, 0.3) is 0 Å². The lowest BCUT2D eigenvalue weighted by Gasteiger charge is -2.14. The van der Waals surface area contributed by atoms with Gasteiger partial charge in [0.05, 0.1) is 27.0 Å². The van der Waals surface area contributed by atoms with Gasteiger partial charge in [-0.25, -0.2) is 4.98 Å². The van der Waals surface area contributed by atoms with E-state index in [1.165, 1.54) is 0 Å². The zero-order valence-electron chi connectivity index (χ0n) is 17.4. The van der Waals surface area contributed by atoms with Crippen molar-refractivity contribution in [3.8, 4) is 17.2 Å². The van der Waals surface area contributed by atoms with Gasteiger partial charge >= 0.3 is 0 Å². The van der Waals surface area contributed by atoms with E-state index >= 15 is 0 Å². The first kappa shape index (κ1) is 20.3. The van der Waals surface area contributed by atoms with Crippen LogP contribution in [0.5, 0.6) is 17.2 Å². The maximum absolute atomic E-state index is 5.44. The van der Waals surface area contributed by atoms with E-state index < -0.39 is 0 Å². The number of ether oxygens (including phenoxy) is 3. The number of nitrogens with zero attached hydrogens (tertiary/aromatic N) is 2. The van der Waals surface area contributed by atoms with Gasteiger partial charge in [-0.3, -0.25) is 0 Å². The van der Waals surface area contributed by atoms with Crippen LogP contribution in [0.2, 0.25) is 0 Å². The minimum Gasteiger partial charge on any atom is -0.495 e. The predicted octanol–water partition coefficient (Wildman–Crippen LogP) is 4.47. The smallest absolute Gasteiger partial charge is 0.225 e. The Hall–Kier alpha value is -3.48. The molecule has 29 heavy (non-hydrogen) atoms. The molecule has 3 rings (SSSR count). The molecule has 0 aliphatic heterocycles. The standard InChI is InChI=1S/C22H26N4O3/c1-14-6-8-18(27-3)17(10-14)25-21-11-15(2)24-22(26-21)23-13-16-7-9-19(28-4)20(12-16)29-5/h6-12H,13H2,1-5H3,(H2,23,24,25,26). The molecule has 0 fully saturated rings. The predicted molar refractivity (Wildman–Crippen MR) is 115 cm³/mol. The molecule has 0 spiro atoms. The van der Waals surface area contributed by atoms with Gasteiger partial charge in [-0.15, -0.1) is 0 Å². The van der Waals surface area contributed by atoms with Crippen molar-refractivity contribution in [1.29, 1.82) is 0 Å². The van der Waals surface area contributed by atoms with Crippen LogP contribution in [0.3, 0.4) is 0 Å². The van der Waals surface area contributed by atoms with Crippen LogP contribution in [0.4, 0.5) is 17.5 Å². The molecule has 2 N–H and O–H groups in total. The molecule has 1 heterocycles. The monoisotopic (exact) mass is 394 g/mol. The molecule has 2 aromatic carbocycles. The highest BCUT2D eigenvalue weighted by molar-refractivity contribution is 5.65. The van der Waals surface area contributed by atoms with Gasteiger partial charge in [0, 0.05) is 18.3 Å². The number of hydrogen-bond donors (Lipinski definition) is 2. The normalized spacial score (nSPS) is 10.4. The second kappa shape index (κ2) is 9.14. The maximum atomic E-state index is 5.44. The average molecular weight is 394 g/mol. The molecule has 7 nitrogen and oxygen atoms in total. The maximum Gasteiger partial charge on any atom is 0.225 e.